The molecule has 1 heterocycles. The van der Waals surface area contributed by atoms with Crippen molar-refractivity contribution < 1.29 is 14.7 Å². The van der Waals surface area contributed by atoms with Crippen molar-refractivity contribution in [2.75, 3.05) is 24.6 Å². The SMILES string of the molecule is CC(C)N(CCCC(=O)O)C(=O)NCC1CCSCC1. The maximum Gasteiger partial charge on any atom is 0.317 e. The number of nitrogens with zero attached hydrogens (tertiary/aromatic N) is 1. The number of carboxylic acid groups (broad SMARTS) is 1. The second kappa shape index (κ2) is 9.10. The van der Waals surface area contributed by atoms with Gasteiger partial charge in [0.1, 0.15) is 0 Å². The van der Waals surface area contributed by atoms with Gasteiger partial charge in [0.25, 0.3) is 0 Å². The van der Waals surface area contributed by atoms with E-state index in [1.165, 1.54) is 24.3 Å². The van der Waals surface area contributed by atoms with Crippen LogP contribution < -0.4 is 5.32 Å². The number of carboxylic acids is 1. The first-order valence-corrected chi connectivity index (χ1v) is 8.50. The van der Waals surface area contributed by atoms with E-state index in [1.54, 1.807) is 4.90 Å². The number of hydrogen-bond acceptors (Lipinski definition) is 3. The zero-order valence-corrected chi connectivity index (χ0v) is 13.2. The lowest BCUT2D eigenvalue weighted by molar-refractivity contribution is -0.137. The Morgan fingerprint density at radius 1 is 1.35 bits per heavy atom. The fourth-order valence-corrected chi connectivity index (χ4v) is 3.48. The molecule has 0 aromatic carbocycles. The average Bonchev–Trinajstić information content (AvgIpc) is 2.41. The van der Waals surface area contributed by atoms with Gasteiger partial charge in [0.05, 0.1) is 0 Å². The van der Waals surface area contributed by atoms with Gasteiger partial charge in [-0.25, -0.2) is 4.79 Å². The van der Waals surface area contributed by atoms with Crippen LogP contribution in [0.1, 0.15) is 39.5 Å². The van der Waals surface area contributed by atoms with Gasteiger partial charge in [0.2, 0.25) is 0 Å². The van der Waals surface area contributed by atoms with Gasteiger partial charge >= 0.3 is 12.0 Å². The van der Waals surface area contributed by atoms with Crippen LogP contribution in [0.25, 0.3) is 0 Å². The molecule has 0 unspecified atom stereocenters. The Labute approximate surface area is 125 Å². The highest BCUT2D eigenvalue weighted by Crippen LogP contribution is 2.21. The molecule has 1 fully saturated rings. The standard InChI is InChI=1S/C14H26N2O3S/c1-11(2)16(7-3-4-13(17)18)14(19)15-10-12-5-8-20-9-6-12/h11-12H,3-10H2,1-2H3,(H,15,19)(H,17,18). The highest BCUT2D eigenvalue weighted by Gasteiger charge is 2.19. The fourth-order valence-electron chi connectivity index (χ4n) is 2.28. The first-order chi connectivity index (χ1) is 9.50. The fraction of sp³-hybridized carbons (Fsp3) is 0.857. The number of rotatable bonds is 7. The molecule has 0 aromatic heterocycles. The Kier molecular flexibility index (Phi) is 7.80. The van der Waals surface area contributed by atoms with Gasteiger partial charge in [-0.15, -0.1) is 0 Å². The summed E-state index contributed by atoms with van der Waals surface area (Å²) in [7, 11) is 0. The molecule has 0 atom stereocenters. The molecule has 0 aromatic rings. The van der Waals surface area contributed by atoms with Gasteiger partial charge in [0, 0.05) is 25.6 Å². The highest BCUT2D eigenvalue weighted by atomic mass is 32.2. The Morgan fingerprint density at radius 3 is 2.55 bits per heavy atom. The van der Waals surface area contributed by atoms with Gasteiger partial charge in [-0.2, -0.15) is 11.8 Å². The second-order valence-electron chi connectivity index (χ2n) is 5.53. The first kappa shape index (κ1) is 17.1. The number of hydrogen-bond donors (Lipinski definition) is 2. The molecule has 5 nitrogen and oxygen atoms in total. The van der Waals surface area contributed by atoms with Crippen molar-refractivity contribution in [2.24, 2.45) is 5.92 Å². The number of urea groups is 1. The molecule has 2 amide bonds. The number of amides is 2. The zero-order valence-electron chi connectivity index (χ0n) is 12.4. The zero-order chi connectivity index (χ0) is 15.0. The lowest BCUT2D eigenvalue weighted by Crippen LogP contribution is -2.46. The molecular formula is C14H26N2O3S. The van der Waals surface area contributed by atoms with E-state index in [0.717, 1.165) is 6.54 Å². The van der Waals surface area contributed by atoms with Crippen LogP contribution in [0.3, 0.4) is 0 Å². The third-order valence-corrected chi connectivity index (χ3v) is 4.61. The minimum atomic E-state index is -0.811. The van der Waals surface area contributed by atoms with Crippen molar-refractivity contribution in [1.82, 2.24) is 10.2 Å². The van der Waals surface area contributed by atoms with Crippen LogP contribution in [0.4, 0.5) is 4.79 Å². The summed E-state index contributed by atoms with van der Waals surface area (Å²) >= 11 is 1.98. The summed E-state index contributed by atoms with van der Waals surface area (Å²) in [5.41, 5.74) is 0. The molecule has 0 radical (unpaired) electrons. The average molecular weight is 302 g/mol. The Morgan fingerprint density at radius 2 is 2.00 bits per heavy atom. The van der Waals surface area contributed by atoms with Gasteiger partial charge in [0.15, 0.2) is 0 Å². The summed E-state index contributed by atoms with van der Waals surface area (Å²) in [6, 6.07) is 0.0225. The van der Waals surface area contributed by atoms with Crippen LogP contribution >= 0.6 is 11.8 Å². The summed E-state index contributed by atoms with van der Waals surface area (Å²) in [6.07, 6.45) is 2.95. The summed E-state index contributed by atoms with van der Waals surface area (Å²) in [5.74, 6) is 2.15. The minimum Gasteiger partial charge on any atom is -0.481 e. The summed E-state index contributed by atoms with van der Waals surface area (Å²) < 4.78 is 0. The summed E-state index contributed by atoms with van der Waals surface area (Å²) in [6.45, 7) is 5.15. The molecule has 20 heavy (non-hydrogen) atoms. The maximum absolute atomic E-state index is 12.2. The lowest BCUT2D eigenvalue weighted by atomic mass is 10.0. The number of thioether (sulfide) groups is 1. The van der Waals surface area contributed by atoms with Gasteiger partial charge in [-0.05, 0) is 50.5 Å². The molecule has 1 aliphatic rings. The Balaban J connectivity index is 2.32. The van der Waals surface area contributed by atoms with Gasteiger partial charge in [-0.1, -0.05) is 0 Å². The smallest absolute Gasteiger partial charge is 0.317 e. The third-order valence-electron chi connectivity index (χ3n) is 3.56. The van der Waals surface area contributed by atoms with Crippen molar-refractivity contribution in [2.45, 2.75) is 45.6 Å². The lowest BCUT2D eigenvalue weighted by Gasteiger charge is -2.28. The van der Waals surface area contributed by atoms with Crippen molar-refractivity contribution in [1.29, 1.82) is 0 Å². The maximum atomic E-state index is 12.2. The van der Waals surface area contributed by atoms with E-state index in [-0.39, 0.29) is 18.5 Å². The van der Waals surface area contributed by atoms with E-state index in [9.17, 15) is 9.59 Å². The monoisotopic (exact) mass is 302 g/mol. The molecule has 2 N–H and O–H groups in total. The summed E-state index contributed by atoms with van der Waals surface area (Å²) in [4.78, 5) is 24.4. The van der Waals surface area contributed by atoms with E-state index < -0.39 is 5.97 Å². The molecule has 0 spiro atoms. The van der Waals surface area contributed by atoms with Crippen LogP contribution in [0, 0.1) is 5.92 Å². The van der Waals surface area contributed by atoms with Crippen molar-refractivity contribution >= 4 is 23.8 Å². The first-order valence-electron chi connectivity index (χ1n) is 7.34. The summed E-state index contributed by atoms with van der Waals surface area (Å²) in [5, 5.41) is 11.7. The minimum absolute atomic E-state index is 0.0661. The Hall–Kier alpha value is -0.910. The number of aliphatic carboxylic acids is 1. The van der Waals surface area contributed by atoms with Crippen LogP contribution in [-0.2, 0) is 4.79 Å². The van der Waals surface area contributed by atoms with Crippen LogP contribution in [0.5, 0.6) is 0 Å². The van der Waals surface area contributed by atoms with E-state index in [4.69, 9.17) is 5.11 Å². The van der Waals surface area contributed by atoms with E-state index in [0.29, 0.717) is 18.9 Å². The molecule has 0 bridgehead atoms. The number of nitrogens with one attached hydrogen (secondary N) is 1. The normalized spacial score (nSPS) is 16.1. The number of carbonyl (C=O) groups excluding carboxylic acids is 1. The van der Waals surface area contributed by atoms with Gasteiger partial charge in [-0.3, -0.25) is 4.79 Å². The largest absolute Gasteiger partial charge is 0.481 e. The molecule has 1 rings (SSSR count). The number of carbonyl (C=O) groups is 2. The Bertz CT molecular complexity index is 318. The molecule has 6 heteroatoms. The highest BCUT2D eigenvalue weighted by molar-refractivity contribution is 7.99. The van der Waals surface area contributed by atoms with Crippen molar-refractivity contribution in [3.63, 3.8) is 0 Å². The predicted octanol–water partition coefficient (Wildman–Crippen LogP) is 2.41. The van der Waals surface area contributed by atoms with E-state index in [2.05, 4.69) is 5.32 Å². The van der Waals surface area contributed by atoms with Crippen molar-refractivity contribution in [3.05, 3.63) is 0 Å². The third kappa shape index (κ3) is 6.50. The molecule has 0 aliphatic carbocycles. The molecular weight excluding hydrogens is 276 g/mol. The quantitative estimate of drug-likeness (QED) is 0.758. The van der Waals surface area contributed by atoms with Crippen LogP contribution in [0.2, 0.25) is 0 Å². The molecule has 1 aliphatic heterocycles. The van der Waals surface area contributed by atoms with E-state index in [1.807, 2.05) is 25.6 Å². The topological polar surface area (TPSA) is 69.6 Å². The van der Waals surface area contributed by atoms with Crippen LogP contribution in [-0.4, -0.2) is 52.6 Å². The molecule has 1 saturated heterocycles. The molecule has 116 valence electrons. The van der Waals surface area contributed by atoms with Crippen LogP contribution in [0.15, 0.2) is 0 Å². The second-order valence-corrected chi connectivity index (χ2v) is 6.75. The molecule has 0 saturated carbocycles. The van der Waals surface area contributed by atoms with Crippen molar-refractivity contribution in [3.8, 4) is 0 Å². The van der Waals surface area contributed by atoms with E-state index >= 15 is 0 Å². The van der Waals surface area contributed by atoms with Gasteiger partial charge < -0.3 is 15.3 Å². The predicted molar refractivity (Wildman–Crippen MR) is 82.2 cm³/mol.